The maximum atomic E-state index is 13.4. The normalized spacial score (nSPS) is 31.0. The van der Waals surface area contributed by atoms with Crippen LogP contribution in [0.1, 0.15) is 16.8 Å². The van der Waals surface area contributed by atoms with Crippen LogP contribution in [0.3, 0.4) is 0 Å². The van der Waals surface area contributed by atoms with Crippen LogP contribution in [0.25, 0.3) is 10.8 Å². The summed E-state index contributed by atoms with van der Waals surface area (Å²) in [6.07, 6.45) is 5.45. The van der Waals surface area contributed by atoms with Crippen LogP contribution < -0.4 is 9.64 Å². The van der Waals surface area contributed by atoms with E-state index in [0.29, 0.717) is 28.8 Å². The van der Waals surface area contributed by atoms with Gasteiger partial charge in [0.05, 0.1) is 23.1 Å². The van der Waals surface area contributed by atoms with Gasteiger partial charge in [-0.05, 0) is 59.7 Å². The third-order valence-corrected chi connectivity index (χ3v) is 7.96. The van der Waals surface area contributed by atoms with Crippen LogP contribution in [0.5, 0.6) is 5.75 Å². The number of anilines is 1. The van der Waals surface area contributed by atoms with Crippen molar-refractivity contribution in [3.8, 4) is 5.75 Å². The van der Waals surface area contributed by atoms with Gasteiger partial charge < -0.3 is 4.74 Å². The molecule has 0 aromatic heterocycles. The van der Waals surface area contributed by atoms with Crippen molar-refractivity contribution in [3.05, 3.63) is 84.4 Å². The Morgan fingerprint density at radius 2 is 1.48 bits per heavy atom. The van der Waals surface area contributed by atoms with Gasteiger partial charge in [0, 0.05) is 5.39 Å². The Kier molecular flexibility index (Phi) is 3.78. The number of fused-ring (bicyclic) bond motifs is 1. The number of hydrogen-bond donors (Lipinski definition) is 0. The molecule has 3 fully saturated rings. The number of allylic oxidation sites excluding steroid dienone is 2. The smallest absolute Gasteiger partial charge is 0.343 e. The zero-order valence-corrected chi connectivity index (χ0v) is 17.8. The van der Waals surface area contributed by atoms with Crippen LogP contribution in [-0.4, -0.2) is 17.8 Å². The van der Waals surface area contributed by atoms with Gasteiger partial charge in [0.25, 0.3) is 0 Å². The highest BCUT2D eigenvalue weighted by atomic mass is 16.5. The summed E-state index contributed by atoms with van der Waals surface area (Å²) in [6, 6.07) is 19.9. The molecule has 3 aromatic rings. The molecule has 162 valence electrons. The van der Waals surface area contributed by atoms with E-state index in [9.17, 15) is 14.4 Å². The molecule has 5 heteroatoms. The second-order valence-corrected chi connectivity index (χ2v) is 9.58. The second kappa shape index (κ2) is 6.64. The van der Waals surface area contributed by atoms with Crippen LogP contribution in [0, 0.1) is 35.5 Å². The highest BCUT2D eigenvalue weighted by molar-refractivity contribution is 6.23. The largest absolute Gasteiger partial charge is 0.422 e. The van der Waals surface area contributed by atoms with Gasteiger partial charge in [-0.15, -0.1) is 0 Å². The fourth-order valence-electron chi connectivity index (χ4n) is 6.43. The summed E-state index contributed by atoms with van der Waals surface area (Å²) in [6.45, 7) is 0. The Morgan fingerprint density at radius 3 is 2.24 bits per heavy atom. The molecule has 1 heterocycles. The summed E-state index contributed by atoms with van der Waals surface area (Å²) in [5.74, 6) is 0.628. The fourth-order valence-corrected chi connectivity index (χ4v) is 6.43. The van der Waals surface area contributed by atoms with Gasteiger partial charge in [0.15, 0.2) is 0 Å². The van der Waals surface area contributed by atoms with Crippen molar-refractivity contribution in [2.24, 2.45) is 35.5 Å². The van der Waals surface area contributed by atoms with E-state index in [0.717, 1.165) is 17.2 Å². The van der Waals surface area contributed by atoms with E-state index in [1.807, 2.05) is 36.4 Å². The summed E-state index contributed by atoms with van der Waals surface area (Å²) in [5.41, 5.74) is 0.750. The number of imide groups is 1. The molecule has 33 heavy (non-hydrogen) atoms. The van der Waals surface area contributed by atoms with Gasteiger partial charge >= 0.3 is 5.97 Å². The lowest BCUT2D eigenvalue weighted by Crippen LogP contribution is -2.40. The van der Waals surface area contributed by atoms with E-state index >= 15 is 0 Å². The predicted molar refractivity (Wildman–Crippen MR) is 123 cm³/mol. The van der Waals surface area contributed by atoms with E-state index in [4.69, 9.17) is 4.74 Å². The van der Waals surface area contributed by atoms with Crippen LogP contribution in [0.4, 0.5) is 5.69 Å². The molecule has 0 unspecified atom stereocenters. The Labute approximate surface area is 190 Å². The molecular formula is C28H21NO4. The minimum Gasteiger partial charge on any atom is -0.422 e. The Morgan fingerprint density at radius 1 is 0.818 bits per heavy atom. The van der Waals surface area contributed by atoms with E-state index in [1.165, 1.54) is 4.90 Å². The van der Waals surface area contributed by atoms with Crippen molar-refractivity contribution >= 4 is 34.2 Å². The average molecular weight is 435 g/mol. The number of hydrogen-bond acceptors (Lipinski definition) is 4. The predicted octanol–water partition coefficient (Wildman–Crippen LogP) is 4.62. The lowest BCUT2D eigenvalue weighted by Gasteiger charge is -2.37. The molecule has 5 nitrogen and oxygen atoms in total. The number of esters is 1. The Balaban J connectivity index is 1.19. The molecule has 6 atom stereocenters. The van der Waals surface area contributed by atoms with E-state index in [2.05, 4.69) is 12.2 Å². The summed E-state index contributed by atoms with van der Waals surface area (Å²) < 4.78 is 5.71. The van der Waals surface area contributed by atoms with Gasteiger partial charge in [-0.3, -0.25) is 9.59 Å². The van der Waals surface area contributed by atoms with Crippen LogP contribution in [0.15, 0.2) is 78.9 Å². The molecule has 2 saturated carbocycles. The minimum atomic E-state index is -0.521. The molecule has 5 aliphatic rings. The molecule has 0 radical (unpaired) electrons. The zero-order chi connectivity index (χ0) is 22.3. The van der Waals surface area contributed by atoms with Gasteiger partial charge in [0.1, 0.15) is 5.75 Å². The van der Waals surface area contributed by atoms with Gasteiger partial charge in [0.2, 0.25) is 11.8 Å². The first-order valence-electron chi connectivity index (χ1n) is 11.5. The molecule has 4 aliphatic carbocycles. The lowest BCUT2D eigenvalue weighted by molar-refractivity contribution is -0.124. The number of carbonyl (C=O) groups excluding carboxylic acids is 3. The Hall–Kier alpha value is -3.73. The number of ether oxygens (including phenoxy) is 1. The number of rotatable bonds is 3. The monoisotopic (exact) mass is 435 g/mol. The fraction of sp³-hybridized carbons (Fsp3) is 0.250. The minimum absolute atomic E-state index is 0.130. The standard InChI is InChI=1S/C28H21NO4/c30-26-24-19-11-12-20(22-14-21(19)22)25(24)27(31)29(26)17-8-3-7-16(13-17)28(32)33-23-10-4-6-15-5-1-2-9-18(15)23/h1-13,19-22,24-25H,14H2/t19-,20-,21-,22+,24+,25+/m0/s1. The zero-order valence-electron chi connectivity index (χ0n) is 17.8. The number of nitrogens with zero attached hydrogens (tertiary/aromatic N) is 1. The molecule has 1 saturated heterocycles. The molecule has 2 amide bonds. The second-order valence-electron chi connectivity index (χ2n) is 9.58. The SMILES string of the molecule is O=C(Oc1cccc2ccccc12)c1cccc(N2C(=O)[C@@H]3[C@H]4C=C[C@@H]([C@@H]5C[C@H]45)[C@H]3C2=O)c1. The van der Waals surface area contributed by atoms with E-state index < -0.39 is 5.97 Å². The average Bonchev–Trinajstić information content (AvgIpc) is 3.62. The van der Waals surface area contributed by atoms with Crippen LogP contribution >= 0.6 is 0 Å². The van der Waals surface area contributed by atoms with Crippen LogP contribution in [0.2, 0.25) is 0 Å². The molecule has 0 spiro atoms. The summed E-state index contributed by atoms with van der Waals surface area (Å²) in [5, 5.41) is 1.83. The molecular weight excluding hydrogens is 414 g/mol. The highest BCUT2D eigenvalue weighted by Gasteiger charge is 2.67. The molecule has 3 aromatic carbocycles. The number of amides is 2. The van der Waals surface area contributed by atoms with Gasteiger partial charge in [-0.2, -0.15) is 0 Å². The van der Waals surface area contributed by atoms with Crippen molar-refractivity contribution in [2.45, 2.75) is 6.42 Å². The molecule has 1 aliphatic heterocycles. The van der Waals surface area contributed by atoms with Crippen LogP contribution in [-0.2, 0) is 9.59 Å². The first kappa shape index (κ1) is 18.8. The van der Waals surface area contributed by atoms with Crippen molar-refractivity contribution in [3.63, 3.8) is 0 Å². The van der Waals surface area contributed by atoms with Crippen molar-refractivity contribution in [1.82, 2.24) is 0 Å². The number of benzene rings is 3. The van der Waals surface area contributed by atoms with Gasteiger partial charge in [-0.25, -0.2) is 9.69 Å². The van der Waals surface area contributed by atoms with Crippen molar-refractivity contribution < 1.29 is 19.1 Å². The molecule has 0 N–H and O–H groups in total. The quantitative estimate of drug-likeness (QED) is 0.261. The maximum Gasteiger partial charge on any atom is 0.343 e. The van der Waals surface area contributed by atoms with Crippen molar-refractivity contribution in [2.75, 3.05) is 4.90 Å². The maximum absolute atomic E-state index is 13.4. The highest BCUT2D eigenvalue weighted by Crippen LogP contribution is 2.65. The first-order chi connectivity index (χ1) is 16.1. The van der Waals surface area contributed by atoms with E-state index in [-0.39, 0.29) is 35.5 Å². The molecule has 2 bridgehead atoms. The third kappa shape index (κ3) is 2.62. The first-order valence-corrected chi connectivity index (χ1v) is 11.5. The topological polar surface area (TPSA) is 63.7 Å². The summed E-state index contributed by atoms with van der Waals surface area (Å²) in [7, 11) is 0. The summed E-state index contributed by atoms with van der Waals surface area (Å²) >= 11 is 0. The lowest BCUT2D eigenvalue weighted by atomic mass is 9.63. The number of carbonyl (C=O) groups is 3. The van der Waals surface area contributed by atoms with E-state index in [1.54, 1.807) is 30.3 Å². The third-order valence-electron chi connectivity index (χ3n) is 7.96. The van der Waals surface area contributed by atoms with Crippen molar-refractivity contribution in [1.29, 1.82) is 0 Å². The van der Waals surface area contributed by atoms with Gasteiger partial charge in [-0.1, -0.05) is 54.6 Å². The Bertz CT molecular complexity index is 1350. The summed E-state index contributed by atoms with van der Waals surface area (Å²) in [4.78, 5) is 41.0. The molecule has 8 rings (SSSR count).